The Morgan fingerprint density at radius 3 is 2.86 bits per heavy atom. The van der Waals surface area contributed by atoms with Crippen molar-refractivity contribution in [1.82, 2.24) is 9.88 Å². The number of rotatable bonds is 4. The van der Waals surface area contributed by atoms with E-state index in [-0.39, 0.29) is 12.5 Å². The first-order valence-electron chi connectivity index (χ1n) is 6.83. The van der Waals surface area contributed by atoms with Crippen molar-refractivity contribution >= 4 is 29.0 Å². The van der Waals surface area contributed by atoms with Gasteiger partial charge in [-0.05, 0) is 12.7 Å². The third kappa shape index (κ3) is 3.26. The number of ether oxygens (including phenoxy) is 1. The molecule has 1 aromatic heterocycles. The molecular weight excluding hydrogens is 308 g/mol. The van der Waals surface area contributed by atoms with Gasteiger partial charge in [-0.1, -0.05) is 25.6 Å². The van der Waals surface area contributed by atoms with Crippen LogP contribution in [0.2, 0.25) is 0 Å². The van der Waals surface area contributed by atoms with E-state index < -0.39 is 11.0 Å². The smallest absolute Gasteiger partial charge is 0.273 e. The highest BCUT2D eigenvalue weighted by atomic mass is 32.2. The number of aromatic nitrogens is 1. The number of carbonyl (C=O) groups is 1. The van der Waals surface area contributed by atoms with Gasteiger partial charge < -0.3 is 14.7 Å². The molecular formula is C14H22N2O3S2. The first kappa shape index (κ1) is 16.7. The van der Waals surface area contributed by atoms with Gasteiger partial charge >= 0.3 is 0 Å². The lowest BCUT2D eigenvalue weighted by molar-refractivity contribution is -0.144. The number of hydrogen-bond acceptors (Lipinski definition) is 6. The number of methoxy groups -OCH3 is 1. The van der Waals surface area contributed by atoms with Gasteiger partial charge in [0, 0.05) is 31.0 Å². The highest BCUT2D eigenvalue weighted by Crippen LogP contribution is 2.39. The lowest BCUT2D eigenvalue weighted by Gasteiger charge is -2.49. The fourth-order valence-electron chi connectivity index (χ4n) is 2.65. The number of piperidine rings is 1. The Bertz CT molecular complexity index is 518. The average Bonchev–Trinajstić information content (AvgIpc) is 2.90. The topological polar surface area (TPSA) is 62.7 Å². The molecule has 21 heavy (non-hydrogen) atoms. The van der Waals surface area contributed by atoms with Crippen LogP contribution in [0.3, 0.4) is 0 Å². The molecule has 0 aliphatic carbocycles. The van der Waals surface area contributed by atoms with E-state index in [1.807, 2.05) is 20.1 Å². The monoisotopic (exact) mass is 330 g/mol. The van der Waals surface area contributed by atoms with E-state index in [9.17, 15) is 9.90 Å². The molecule has 1 fully saturated rings. The minimum Gasteiger partial charge on any atom is -0.387 e. The summed E-state index contributed by atoms with van der Waals surface area (Å²) < 4.78 is 6.05. The summed E-state index contributed by atoms with van der Waals surface area (Å²) in [5.74, 6) is -0.0564. The van der Waals surface area contributed by atoms with E-state index in [4.69, 9.17) is 4.74 Å². The number of thiazole rings is 1. The maximum Gasteiger partial charge on any atom is 0.273 e. The normalized spacial score (nSPS) is 25.1. The van der Waals surface area contributed by atoms with Crippen molar-refractivity contribution in [1.29, 1.82) is 0 Å². The van der Waals surface area contributed by atoms with E-state index >= 15 is 0 Å². The molecule has 7 heteroatoms. The van der Waals surface area contributed by atoms with Crippen molar-refractivity contribution in [3.63, 3.8) is 0 Å². The lowest BCUT2D eigenvalue weighted by atomic mass is 9.70. The molecule has 0 spiro atoms. The summed E-state index contributed by atoms with van der Waals surface area (Å²) in [4.78, 5) is 18.6. The molecule has 2 rings (SSSR count). The molecule has 2 heterocycles. The number of amides is 1. The van der Waals surface area contributed by atoms with Gasteiger partial charge in [-0.3, -0.25) is 4.79 Å². The summed E-state index contributed by atoms with van der Waals surface area (Å²) in [5, 5.41) is 12.5. The fourth-order valence-corrected chi connectivity index (χ4v) is 3.89. The number of carbonyl (C=O) groups excluding carboxylic acids is 1. The van der Waals surface area contributed by atoms with E-state index in [1.165, 1.54) is 23.1 Å². The Hall–Kier alpha value is -0.630. The molecule has 1 aliphatic rings. The maximum atomic E-state index is 12.5. The first-order valence-corrected chi connectivity index (χ1v) is 8.93. The van der Waals surface area contributed by atoms with Gasteiger partial charge in [-0.15, -0.1) is 11.3 Å². The first-order chi connectivity index (χ1) is 9.83. The Morgan fingerprint density at radius 2 is 2.33 bits per heavy atom. The van der Waals surface area contributed by atoms with E-state index in [0.717, 1.165) is 4.34 Å². The molecule has 1 aliphatic heterocycles. The Labute approximate surface area is 133 Å². The van der Waals surface area contributed by atoms with Crippen molar-refractivity contribution < 1.29 is 14.6 Å². The molecule has 0 aromatic carbocycles. The van der Waals surface area contributed by atoms with E-state index in [0.29, 0.717) is 25.2 Å². The number of hydrogen-bond donors (Lipinski definition) is 1. The fraction of sp³-hybridized carbons (Fsp3) is 0.714. The number of nitrogens with zero attached hydrogens (tertiary/aromatic N) is 2. The van der Waals surface area contributed by atoms with Gasteiger partial charge in [0.05, 0.1) is 12.2 Å². The largest absolute Gasteiger partial charge is 0.387 e. The van der Waals surface area contributed by atoms with Crippen LogP contribution >= 0.6 is 23.1 Å². The molecule has 118 valence electrons. The Kier molecular flexibility index (Phi) is 4.97. The van der Waals surface area contributed by atoms with Crippen molar-refractivity contribution in [2.75, 3.05) is 33.1 Å². The molecule has 0 bridgehead atoms. The molecule has 1 amide bonds. The third-order valence-electron chi connectivity index (χ3n) is 4.19. The van der Waals surface area contributed by atoms with Crippen molar-refractivity contribution in [2.24, 2.45) is 5.41 Å². The lowest BCUT2D eigenvalue weighted by Crippen LogP contribution is -2.60. The van der Waals surface area contributed by atoms with Gasteiger partial charge in [0.2, 0.25) is 0 Å². The maximum absolute atomic E-state index is 12.5. The van der Waals surface area contributed by atoms with Crippen LogP contribution in [-0.4, -0.2) is 59.6 Å². The quantitative estimate of drug-likeness (QED) is 0.857. The zero-order valence-electron chi connectivity index (χ0n) is 12.9. The Morgan fingerprint density at radius 1 is 1.62 bits per heavy atom. The van der Waals surface area contributed by atoms with Gasteiger partial charge in [0.15, 0.2) is 0 Å². The predicted molar refractivity (Wildman–Crippen MR) is 85.0 cm³/mol. The molecule has 1 atom stereocenters. The minimum atomic E-state index is -0.898. The van der Waals surface area contributed by atoms with E-state index in [1.54, 1.807) is 17.4 Å². The van der Waals surface area contributed by atoms with Crippen molar-refractivity contribution in [3.05, 3.63) is 11.1 Å². The second-order valence-corrected chi connectivity index (χ2v) is 7.94. The zero-order valence-corrected chi connectivity index (χ0v) is 14.5. The summed E-state index contributed by atoms with van der Waals surface area (Å²) in [5.41, 5.74) is -0.822. The van der Waals surface area contributed by atoms with Crippen LogP contribution in [0.25, 0.3) is 0 Å². The number of likely N-dealkylation sites (tertiary alicyclic amines) is 1. The molecule has 0 saturated carbocycles. The van der Waals surface area contributed by atoms with Crippen LogP contribution in [0.15, 0.2) is 9.72 Å². The van der Waals surface area contributed by atoms with Crippen LogP contribution in [0, 0.1) is 5.41 Å². The van der Waals surface area contributed by atoms with Crippen molar-refractivity contribution in [3.8, 4) is 0 Å². The molecule has 1 aromatic rings. The summed E-state index contributed by atoms with van der Waals surface area (Å²) in [7, 11) is 1.59. The Balaban J connectivity index is 2.12. The SMILES string of the molecule is COCC1(O)CCN(C(=O)c2csc(SC)n2)CC1(C)C. The van der Waals surface area contributed by atoms with Crippen molar-refractivity contribution in [2.45, 2.75) is 30.2 Å². The third-order valence-corrected chi connectivity index (χ3v) is 6.05. The van der Waals surface area contributed by atoms with Crippen LogP contribution < -0.4 is 0 Å². The average molecular weight is 330 g/mol. The predicted octanol–water partition coefficient (Wildman–Crippen LogP) is 2.11. The van der Waals surface area contributed by atoms with Gasteiger partial charge in [-0.2, -0.15) is 0 Å². The highest BCUT2D eigenvalue weighted by Gasteiger charge is 2.48. The van der Waals surface area contributed by atoms with Crippen LogP contribution in [-0.2, 0) is 4.74 Å². The molecule has 1 unspecified atom stereocenters. The second kappa shape index (κ2) is 6.24. The number of aliphatic hydroxyl groups is 1. The van der Waals surface area contributed by atoms with Gasteiger partial charge in [-0.25, -0.2) is 4.98 Å². The van der Waals surface area contributed by atoms with Crippen LogP contribution in [0.5, 0.6) is 0 Å². The zero-order chi connectivity index (χ0) is 15.7. The molecule has 0 radical (unpaired) electrons. The summed E-state index contributed by atoms with van der Waals surface area (Å²) in [6, 6.07) is 0. The summed E-state index contributed by atoms with van der Waals surface area (Å²) in [6.07, 6.45) is 2.46. The van der Waals surface area contributed by atoms with Gasteiger partial charge in [0.1, 0.15) is 10.0 Å². The summed E-state index contributed by atoms with van der Waals surface area (Å²) >= 11 is 3.02. The van der Waals surface area contributed by atoms with Gasteiger partial charge in [0.25, 0.3) is 5.91 Å². The number of thioether (sulfide) groups is 1. The highest BCUT2D eigenvalue weighted by molar-refractivity contribution is 8.00. The summed E-state index contributed by atoms with van der Waals surface area (Å²) in [6.45, 7) is 5.25. The second-order valence-electron chi connectivity index (χ2n) is 6.03. The molecule has 1 saturated heterocycles. The minimum absolute atomic E-state index is 0.0564. The van der Waals surface area contributed by atoms with E-state index in [2.05, 4.69) is 4.98 Å². The van der Waals surface area contributed by atoms with Crippen LogP contribution in [0.1, 0.15) is 30.8 Å². The molecule has 1 N–H and O–H groups in total. The standard InChI is InChI=1S/C14H22N2O3S2/c1-13(2)8-16(6-5-14(13,18)9-19-3)11(17)10-7-21-12(15-10)20-4/h7,18H,5-6,8-9H2,1-4H3. The molecule has 5 nitrogen and oxygen atoms in total. The van der Waals surface area contributed by atoms with Crippen LogP contribution in [0.4, 0.5) is 0 Å².